The van der Waals surface area contributed by atoms with Crippen molar-refractivity contribution in [3.8, 4) is 0 Å². The van der Waals surface area contributed by atoms with E-state index >= 15 is 0 Å². The molecule has 4 aromatic carbocycles. The second-order valence-corrected chi connectivity index (χ2v) is 10.2. The van der Waals surface area contributed by atoms with Crippen LogP contribution in [-0.4, -0.2) is 24.3 Å². The number of amides is 1. The first-order valence-electron chi connectivity index (χ1n) is 13.1. The summed E-state index contributed by atoms with van der Waals surface area (Å²) in [6.07, 6.45) is 1.77. The summed E-state index contributed by atoms with van der Waals surface area (Å²) in [4.78, 5) is 42.7. The fraction of sp³-hybridized carbons (Fsp3) is 0.242. The van der Waals surface area contributed by atoms with Crippen molar-refractivity contribution in [2.45, 2.75) is 32.7 Å². The zero-order valence-electron chi connectivity index (χ0n) is 21.7. The highest BCUT2D eigenvalue weighted by atomic mass is 16.5. The summed E-state index contributed by atoms with van der Waals surface area (Å²) in [5, 5.41) is 4.40. The van der Waals surface area contributed by atoms with Gasteiger partial charge in [-0.1, -0.05) is 79.7 Å². The summed E-state index contributed by atoms with van der Waals surface area (Å²) in [7, 11) is 0. The van der Waals surface area contributed by atoms with Crippen LogP contribution >= 0.6 is 0 Å². The molecule has 4 aromatic rings. The summed E-state index contributed by atoms with van der Waals surface area (Å²) in [5.74, 6) is -2.16. The Kier molecular flexibility index (Phi) is 5.68. The van der Waals surface area contributed by atoms with Crippen molar-refractivity contribution in [1.29, 1.82) is 0 Å². The van der Waals surface area contributed by atoms with Crippen LogP contribution in [0.5, 0.6) is 0 Å². The molecule has 0 radical (unpaired) electrons. The zero-order chi connectivity index (χ0) is 26.6. The molecule has 0 saturated heterocycles. The monoisotopic (exact) mass is 503 g/mol. The Bertz CT molecular complexity index is 1610. The highest BCUT2D eigenvalue weighted by Gasteiger charge is 2.64. The number of hydrogen-bond acceptors (Lipinski definition) is 4. The first-order valence-corrected chi connectivity index (χ1v) is 13.1. The molecule has 5 heteroatoms. The summed E-state index contributed by atoms with van der Waals surface area (Å²) in [6, 6.07) is 26.3. The molecule has 0 saturated carbocycles. The number of rotatable bonds is 5. The van der Waals surface area contributed by atoms with Gasteiger partial charge in [-0.3, -0.25) is 9.59 Å². The van der Waals surface area contributed by atoms with E-state index in [0.717, 1.165) is 38.4 Å². The Morgan fingerprint density at radius 1 is 0.921 bits per heavy atom. The zero-order valence-corrected chi connectivity index (χ0v) is 21.7. The van der Waals surface area contributed by atoms with E-state index in [1.807, 2.05) is 60.4 Å². The summed E-state index contributed by atoms with van der Waals surface area (Å²) in [5.41, 5.74) is 1.73. The number of carbonyl (C=O) groups excluding carboxylic acids is 3. The molecule has 0 bridgehead atoms. The van der Waals surface area contributed by atoms with Crippen LogP contribution in [0, 0.1) is 11.8 Å². The molecule has 2 aliphatic rings. The standard InChI is InChI=1S/C33H29NO4/c1-4-38-31(36)26-17-20(2)33(30(26)21(3)35)28-15-9-10-16-29(28)34(32(33)37)19-27-24-13-7-5-11-22(24)18-23-12-6-8-14-25(23)27/h5-18,20,30H,4,19H2,1-3H3/t20-,30-,33-/m1/s1. The van der Waals surface area contributed by atoms with Crippen LogP contribution in [0.4, 0.5) is 5.69 Å². The van der Waals surface area contributed by atoms with Gasteiger partial charge in [-0.2, -0.15) is 0 Å². The largest absolute Gasteiger partial charge is 0.463 e. The molecule has 6 rings (SSSR count). The summed E-state index contributed by atoms with van der Waals surface area (Å²) in [6.45, 7) is 5.68. The minimum atomic E-state index is -1.19. The minimum Gasteiger partial charge on any atom is -0.463 e. The lowest BCUT2D eigenvalue weighted by Crippen LogP contribution is -2.49. The number of esters is 1. The van der Waals surface area contributed by atoms with Gasteiger partial charge in [0.25, 0.3) is 0 Å². The lowest BCUT2D eigenvalue weighted by Gasteiger charge is -2.34. The maximum atomic E-state index is 14.7. The van der Waals surface area contributed by atoms with Crippen LogP contribution in [0.3, 0.4) is 0 Å². The Balaban J connectivity index is 1.54. The van der Waals surface area contributed by atoms with Gasteiger partial charge in [0, 0.05) is 11.3 Å². The number of ether oxygens (including phenoxy) is 1. The average molecular weight is 504 g/mol. The number of carbonyl (C=O) groups is 3. The van der Waals surface area contributed by atoms with Crippen LogP contribution in [0.2, 0.25) is 0 Å². The van der Waals surface area contributed by atoms with E-state index in [4.69, 9.17) is 4.74 Å². The van der Waals surface area contributed by atoms with Crippen molar-refractivity contribution in [1.82, 2.24) is 0 Å². The van der Waals surface area contributed by atoms with E-state index in [0.29, 0.717) is 6.54 Å². The van der Waals surface area contributed by atoms with Gasteiger partial charge < -0.3 is 9.64 Å². The predicted molar refractivity (Wildman–Crippen MR) is 149 cm³/mol. The topological polar surface area (TPSA) is 63.7 Å². The molecule has 1 spiro atoms. The number of fused-ring (bicyclic) bond motifs is 4. The molecule has 0 aromatic heterocycles. The van der Waals surface area contributed by atoms with E-state index in [9.17, 15) is 14.4 Å². The SMILES string of the molecule is CCOC(=O)C1=C[C@@H](C)[C@]2(C(=O)N(Cc3c4ccccc4cc4ccccc34)c3ccccc32)[C@@H]1C(C)=O. The lowest BCUT2D eigenvalue weighted by atomic mass is 9.65. The Morgan fingerprint density at radius 2 is 1.53 bits per heavy atom. The van der Waals surface area contributed by atoms with Crippen molar-refractivity contribution < 1.29 is 19.1 Å². The van der Waals surface area contributed by atoms with Crippen LogP contribution in [0.1, 0.15) is 31.9 Å². The molecular weight excluding hydrogens is 474 g/mol. The minimum absolute atomic E-state index is 0.154. The van der Waals surface area contributed by atoms with E-state index in [2.05, 4.69) is 30.3 Å². The van der Waals surface area contributed by atoms with E-state index in [1.165, 1.54) is 6.92 Å². The Morgan fingerprint density at radius 3 is 2.16 bits per heavy atom. The predicted octanol–water partition coefficient (Wildman–Crippen LogP) is 6.12. The maximum absolute atomic E-state index is 14.7. The number of ketones is 1. The second kappa shape index (κ2) is 8.95. The molecule has 1 aliphatic carbocycles. The van der Waals surface area contributed by atoms with Crippen molar-refractivity contribution >= 4 is 44.9 Å². The quantitative estimate of drug-likeness (QED) is 0.243. The lowest BCUT2D eigenvalue weighted by molar-refractivity contribution is -0.141. The van der Waals surface area contributed by atoms with Crippen LogP contribution in [-0.2, 0) is 31.1 Å². The van der Waals surface area contributed by atoms with Gasteiger partial charge in [0.15, 0.2) is 0 Å². The Labute approximate surface area is 221 Å². The van der Waals surface area contributed by atoms with Gasteiger partial charge in [-0.05, 0) is 64.6 Å². The van der Waals surface area contributed by atoms with Gasteiger partial charge in [0.1, 0.15) is 5.78 Å². The van der Waals surface area contributed by atoms with Gasteiger partial charge >= 0.3 is 5.97 Å². The molecule has 0 fully saturated rings. The molecule has 1 heterocycles. The Hall–Kier alpha value is -4.25. The smallest absolute Gasteiger partial charge is 0.334 e. The molecule has 1 amide bonds. The van der Waals surface area contributed by atoms with Gasteiger partial charge in [-0.25, -0.2) is 4.79 Å². The third-order valence-corrected chi connectivity index (χ3v) is 8.27. The summed E-state index contributed by atoms with van der Waals surface area (Å²) < 4.78 is 5.32. The maximum Gasteiger partial charge on any atom is 0.334 e. The molecular formula is C33H29NO4. The second-order valence-electron chi connectivity index (χ2n) is 10.2. The number of Topliss-reactive ketones (excluding diaryl/α,β-unsaturated/α-hetero) is 1. The fourth-order valence-corrected chi connectivity index (χ4v) is 6.76. The number of para-hydroxylation sites is 1. The van der Waals surface area contributed by atoms with Gasteiger partial charge in [-0.15, -0.1) is 0 Å². The summed E-state index contributed by atoms with van der Waals surface area (Å²) >= 11 is 0. The molecule has 5 nitrogen and oxygen atoms in total. The molecule has 0 unspecified atom stereocenters. The molecule has 1 aliphatic heterocycles. The van der Waals surface area contributed by atoms with E-state index < -0.39 is 17.3 Å². The molecule has 0 N–H and O–H groups in total. The number of allylic oxidation sites excluding steroid dienone is 1. The molecule has 3 atom stereocenters. The molecule has 190 valence electrons. The van der Waals surface area contributed by atoms with E-state index in [1.54, 1.807) is 13.0 Å². The first kappa shape index (κ1) is 24.1. The number of hydrogen-bond donors (Lipinski definition) is 0. The van der Waals surface area contributed by atoms with Crippen LogP contribution < -0.4 is 4.90 Å². The number of anilines is 1. The average Bonchev–Trinajstić information content (AvgIpc) is 3.36. The number of nitrogens with zero attached hydrogens (tertiary/aromatic N) is 1. The number of benzene rings is 4. The molecule has 38 heavy (non-hydrogen) atoms. The van der Waals surface area contributed by atoms with Crippen LogP contribution in [0.15, 0.2) is 90.5 Å². The van der Waals surface area contributed by atoms with E-state index in [-0.39, 0.29) is 29.8 Å². The highest BCUT2D eigenvalue weighted by molar-refractivity contribution is 6.15. The third kappa shape index (κ3) is 3.27. The first-order chi connectivity index (χ1) is 18.4. The van der Waals surface area contributed by atoms with Gasteiger partial charge in [0.05, 0.1) is 24.5 Å². The normalized spacial score (nSPS) is 22.2. The highest BCUT2D eigenvalue weighted by Crippen LogP contribution is 2.57. The van der Waals surface area contributed by atoms with Gasteiger partial charge in [0.2, 0.25) is 5.91 Å². The fourth-order valence-electron chi connectivity index (χ4n) is 6.76. The van der Waals surface area contributed by atoms with Crippen molar-refractivity contribution in [3.05, 3.63) is 102 Å². The van der Waals surface area contributed by atoms with Crippen molar-refractivity contribution in [2.24, 2.45) is 11.8 Å². The van der Waals surface area contributed by atoms with Crippen molar-refractivity contribution in [3.63, 3.8) is 0 Å². The van der Waals surface area contributed by atoms with Crippen molar-refractivity contribution in [2.75, 3.05) is 11.5 Å². The van der Waals surface area contributed by atoms with Crippen LogP contribution in [0.25, 0.3) is 21.5 Å². The third-order valence-electron chi connectivity index (χ3n) is 8.27.